The van der Waals surface area contributed by atoms with Crippen molar-refractivity contribution >= 4 is 29.2 Å². The van der Waals surface area contributed by atoms with Gasteiger partial charge in [0.25, 0.3) is 0 Å². The van der Waals surface area contributed by atoms with Gasteiger partial charge in [-0.2, -0.15) is 0 Å². The number of amides is 3. The molecule has 0 aromatic heterocycles. The van der Waals surface area contributed by atoms with Crippen molar-refractivity contribution in [1.82, 2.24) is 15.1 Å². The lowest BCUT2D eigenvalue weighted by molar-refractivity contribution is -0.126. The van der Waals surface area contributed by atoms with E-state index in [0.717, 1.165) is 12.8 Å². The zero-order valence-electron chi connectivity index (χ0n) is 14.1. The van der Waals surface area contributed by atoms with E-state index >= 15 is 0 Å². The third kappa shape index (κ3) is 4.41. The van der Waals surface area contributed by atoms with Crippen LogP contribution in [0.25, 0.3) is 0 Å². The average Bonchev–Trinajstić information content (AvgIpc) is 3.42. The molecule has 25 heavy (non-hydrogen) atoms. The van der Waals surface area contributed by atoms with E-state index in [1.165, 1.54) is 12.1 Å². The number of hydrogen-bond donors (Lipinski definition) is 2. The third-order valence-corrected chi connectivity index (χ3v) is 4.94. The molecule has 2 N–H and O–H groups in total. The van der Waals surface area contributed by atoms with Crippen molar-refractivity contribution < 1.29 is 14.0 Å². The molecule has 0 radical (unpaired) electrons. The highest BCUT2D eigenvalue weighted by atomic mass is 35.5. The standard InChI is InChI=1S/C17H22ClFN4O2/c1-11(16(24)20-12-5-6-12)22-7-9-23(10-8-22)17(25)21-14-4-2-3-13(18)15(14)19/h2-4,11-12H,5-10H2,1H3,(H,20,24)(H,21,25)/t11-/m1/s1. The highest BCUT2D eigenvalue weighted by molar-refractivity contribution is 6.31. The van der Waals surface area contributed by atoms with Gasteiger partial charge < -0.3 is 15.5 Å². The number of carbonyl (C=O) groups excluding carboxylic acids is 2. The van der Waals surface area contributed by atoms with Crippen molar-refractivity contribution in [3.63, 3.8) is 0 Å². The van der Waals surface area contributed by atoms with Crippen LogP contribution in [-0.2, 0) is 4.79 Å². The van der Waals surface area contributed by atoms with E-state index in [1.54, 1.807) is 11.0 Å². The van der Waals surface area contributed by atoms with Crippen LogP contribution in [0.3, 0.4) is 0 Å². The second kappa shape index (κ2) is 7.58. The molecule has 136 valence electrons. The summed E-state index contributed by atoms with van der Waals surface area (Å²) in [6.45, 7) is 4.05. The molecule has 2 aliphatic rings. The first-order valence-electron chi connectivity index (χ1n) is 8.50. The van der Waals surface area contributed by atoms with Crippen molar-refractivity contribution in [3.05, 3.63) is 29.0 Å². The zero-order chi connectivity index (χ0) is 18.0. The Hall–Kier alpha value is -1.86. The van der Waals surface area contributed by atoms with Crippen LogP contribution in [0, 0.1) is 5.82 Å². The number of nitrogens with one attached hydrogen (secondary N) is 2. The molecular weight excluding hydrogens is 347 g/mol. The number of rotatable bonds is 4. The molecule has 1 aliphatic heterocycles. The molecule has 0 bridgehead atoms. The second-order valence-corrected chi connectivity index (χ2v) is 6.92. The molecule has 1 aliphatic carbocycles. The van der Waals surface area contributed by atoms with E-state index < -0.39 is 5.82 Å². The summed E-state index contributed by atoms with van der Waals surface area (Å²) in [5, 5.41) is 5.52. The van der Waals surface area contributed by atoms with Crippen molar-refractivity contribution in [1.29, 1.82) is 0 Å². The topological polar surface area (TPSA) is 64.7 Å². The summed E-state index contributed by atoms with van der Waals surface area (Å²) in [6, 6.07) is 4.25. The first-order valence-corrected chi connectivity index (χ1v) is 8.88. The minimum Gasteiger partial charge on any atom is -0.352 e. The van der Waals surface area contributed by atoms with Crippen LogP contribution in [-0.4, -0.2) is 60.0 Å². The van der Waals surface area contributed by atoms with Crippen molar-refractivity contribution in [2.24, 2.45) is 0 Å². The maximum absolute atomic E-state index is 13.9. The molecular formula is C17H22ClFN4O2. The van der Waals surface area contributed by atoms with Gasteiger partial charge in [0, 0.05) is 32.2 Å². The number of carbonyl (C=O) groups is 2. The fraction of sp³-hybridized carbons (Fsp3) is 0.529. The van der Waals surface area contributed by atoms with Gasteiger partial charge >= 0.3 is 6.03 Å². The fourth-order valence-corrected chi connectivity index (χ4v) is 3.00. The van der Waals surface area contributed by atoms with Crippen LogP contribution < -0.4 is 10.6 Å². The number of halogens is 2. The maximum Gasteiger partial charge on any atom is 0.322 e. The molecule has 0 unspecified atom stereocenters. The number of benzene rings is 1. The van der Waals surface area contributed by atoms with Gasteiger partial charge in [-0.05, 0) is 31.9 Å². The van der Waals surface area contributed by atoms with Gasteiger partial charge in [-0.15, -0.1) is 0 Å². The summed E-state index contributed by atoms with van der Waals surface area (Å²) in [5.41, 5.74) is 0.0668. The van der Waals surface area contributed by atoms with Gasteiger partial charge in [0.1, 0.15) is 0 Å². The van der Waals surface area contributed by atoms with E-state index in [1.807, 2.05) is 6.92 Å². The number of urea groups is 1. The van der Waals surface area contributed by atoms with Gasteiger partial charge in [-0.25, -0.2) is 9.18 Å². The monoisotopic (exact) mass is 368 g/mol. The Morgan fingerprint density at radius 2 is 1.92 bits per heavy atom. The molecule has 1 heterocycles. The second-order valence-electron chi connectivity index (χ2n) is 6.51. The summed E-state index contributed by atoms with van der Waals surface area (Å²) in [6.07, 6.45) is 2.12. The van der Waals surface area contributed by atoms with E-state index in [-0.39, 0.29) is 28.7 Å². The Labute approximate surface area is 151 Å². The zero-order valence-corrected chi connectivity index (χ0v) is 14.9. The Kier molecular flexibility index (Phi) is 5.44. The first kappa shape index (κ1) is 17.9. The summed E-state index contributed by atoms with van der Waals surface area (Å²) in [4.78, 5) is 28.1. The lowest BCUT2D eigenvalue weighted by Gasteiger charge is -2.37. The molecule has 3 amide bonds. The van der Waals surface area contributed by atoms with E-state index in [9.17, 15) is 14.0 Å². The lowest BCUT2D eigenvalue weighted by Crippen LogP contribution is -2.55. The Morgan fingerprint density at radius 3 is 2.56 bits per heavy atom. The van der Waals surface area contributed by atoms with Crippen LogP contribution in [0.15, 0.2) is 18.2 Å². The SMILES string of the molecule is C[C@H](C(=O)NC1CC1)N1CCN(C(=O)Nc2cccc(Cl)c2F)CC1. The fourth-order valence-electron chi connectivity index (χ4n) is 2.82. The van der Waals surface area contributed by atoms with Crippen LogP contribution in [0.1, 0.15) is 19.8 Å². The number of anilines is 1. The van der Waals surface area contributed by atoms with Crippen molar-refractivity contribution in [2.75, 3.05) is 31.5 Å². The summed E-state index contributed by atoms with van der Waals surface area (Å²) in [5.74, 6) is -0.595. The van der Waals surface area contributed by atoms with Gasteiger partial charge in [-0.3, -0.25) is 9.69 Å². The van der Waals surface area contributed by atoms with E-state index in [2.05, 4.69) is 15.5 Å². The minimum absolute atomic E-state index is 0.0295. The molecule has 0 spiro atoms. The minimum atomic E-state index is -0.637. The molecule has 1 atom stereocenters. The summed E-state index contributed by atoms with van der Waals surface area (Å²) < 4.78 is 13.9. The highest BCUT2D eigenvalue weighted by Gasteiger charge is 2.31. The van der Waals surface area contributed by atoms with Crippen LogP contribution >= 0.6 is 11.6 Å². The number of piperazine rings is 1. The average molecular weight is 369 g/mol. The van der Waals surface area contributed by atoms with Crippen LogP contribution in [0.4, 0.5) is 14.9 Å². The van der Waals surface area contributed by atoms with Crippen LogP contribution in [0.5, 0.6) is 0 Å². The van der Waals surface area contributed by atoms with E-state index in [0.29, 0.717) is 32.2 Å². The van der Waals surface area contributed by atoms with Crippen LogP contribution in [0.2, 0.25) is 5.02 Å². The van der Waals surface area contributed by atoms with Gasteiger partial charge in [-0.1, -0.05) is 17.7 Å². The van der Waals surface area contributed by atoms with Gasteiger partial charge in [0.05, 0.1) is 16.8 Å². The smallest absolute Gasteiger partial charge is 0.322 e. The highest BCUT2D eigenvalue weighted by Crippen LogP contribution is 2.22. The quantitative estimate of drug-likeness (QED) is 0.857. The van der Waals surface area contributed by atoms with Gasteiger partial charge in [0.15, 0.2) is 5.82 Å². The lowest BCUT2D eigenvalue weighted by atomic mass is 10.2. The molecule has 8 heteroatoms. The molecule has 1 saturated heterocycles. The Morgan fingerprint density at radius 1 is 1.24 bits per heavy atom. The molecule has 3 rings (SSSR count). The Balaban J connectivity index is 1.50. The summed E-state index contributed by atoms with van der Waals surface area (Å²) in [7, 11) is 0. The predicted molar refractivity (Wildman–Crippen MR) is 94.2 cm³/mol. The predicted octanol–water partition coefficient (Wildman–Crippen LogP) is 2.30. The number of hydrogen-bond acceptors (Lipinski definition) is 3. The molecule has 1 aromatic carbocycles. The largest absolute Gasteiger partial charge is 0.352 e. The van der Waals surface area contributed by atoms with Gasteiger partial charge in [0.2, 0.25) is 5.91 Å². The maximum atomic E-state index is 13.9. The van der Waals surface area contributed by atoms with E-state index in [4.69, 9.17) is 11.6 Å². The molecule has 1 aromatic rings. The third-order valence-electron chi connectivity index (χ3n) is 4.65. The normalized spacial score (nSPS) is 19.4. The van der Waals surface area contributed by atoms with Crippen molar-refractivity contribution in [3.8, 4) is 0 Å². The van der Waals surface area contributed by atoms with Crippen molar-refractivity contribution in [2.45, 2.75) is 31.8 Å². The first-order chi connectivity index (χ1) is 12.0. The molecule has 1 saturated carbocycles. The number of nitrogens with zero attached hydrogens (tertiary/aromatic N) is 2. The summed E-state index contributed by atoms with van der Waals surface area (Å²) >= 11 is 5.72. The molecule has 2 fully saturated rings. The Bertz CT molecular complexity index is 660. The molecule has 6 nitrogen and oxygen atoms in total.